The standard InChI is InChI=1S/C17H18ClNO/c1-12(14-6-4-3-5-7-14)19-13(2)17(20)15-8-10-16(18)11-9-15/h3-13,19H,1-2H3. The number of ketones is 1. The second-order valence-electron chi connectivity index (χ2n) is 4.89. The average Bonchev–Trinajstić information content (AvgIpc) is 2.48. The summed E-state index contributed by atoms with van der Waals surface area (Å²) in [5, 5.41) is 3.97. The van der Waals surface area contributed by atoms with E-state index in [2.05, 4.69) is 24.4 Å². The minimum atomic E-state index is -0.244. The highest BCUT2D eigenvalue weighted by Gasteiger charge is 2.17. The van der Waals surface area contributed by atoms with Gasteiger partial charge in [0.2, 0.25) is 0 Å². The lowest BCUT2D eigenvalue weighted by molar-refractivity contribution is 0.0945. The average molecular weight is 288 g/mol. The van der Waals surface area contributed by atoms with Crippen molar-refractivity contribution < 1.29 is 4.79 Å². The second kappa shape index (κ2) is 6.69. The fourth-order valence-corrected chi connectivity index (χ4v) is 2.28. The highest BCUT2D eigenvalue weighted by Crippen LogP contribution is 2.15. The molecule has 20 heavy (non-hydrogen) atoms. The van der Waals surface area contributed by atoms with E-state index in [9.17, 15) is 4.79 Å². The van der Waals surface area contributed by atoms with Crippen LogP contribution in [0.2, 0.25) is 5.02 Å². The fraction of sp³-hybridized carbons (Fsp3) is 0.235. The van der Waals surface area contributed by atoms with Crippen LogP contribution in [-0.2, 0) is 0 Å². The zero-order valence-electron chi connectivity index (χ0n) is 11.6. The van der Waals surface area contributed by atoms with Gasteiger partial charge in [-0.25, -0.2) is 0 Å². The lowest BCUT2D eigenvalue weighted by Crippen LogP contribution is -2.35. The topological polar surface area (TPSA) is 29.1 Å². The molecule has 0 saturated heterocycles. The molecule has 2 atom stereocenters. The summed E-state index contributed by atoms with van der Waals surface area (Å²) in [5.41, 5.74) is 1.85. The van der Waals surface area contributed by atoms with Crippen LogP contribution in [0.5, 0.6) is 0 Å². The smallest absolute Gasteiger partial charge is 0.179 e. The largest absolute Gasteiger partial charge is 0.301 e. The van der Waals surface area contributed by atoms with Gasteiger partial charge in [-0.3, -0.25) is 4.79 Å². The summed E-state index contributed by atoms with van der Waals surface area (Å²) in [5.74, 6) is 0.0736. The van der Waals surface area contributed by atoms with Crippen LogP contribution >= 0.6 is 11.6 Å². The highest BCUT2D eigenvalue weighted by molar-refractivity contribution is 6.30. The van der Waals surface area contributed by atoms with Crippen LogP contribution in [0.3, 0.4) is 0 Å². The molecule has 2 unspecified atom stereocenters. The van der Waals surface area contributed by atoms with Gasteiger partial charge in [0, 0.05) is 16.6 Å². The van der Waals surface area contributed by atoms with Crippen LogP contribution in [0.15, 0.2) is 54.6 Å². The van der Waals surface area contributed by atoms with Gasteiger partial charge in [-0.1, -0.05) is 41.9 Å². The molecular weight excluding hydrogens is 270 g/mol. The molecule has 104 valence electrons. The third kappa shape index (κ3) is 3.69. The molecule has 0 fully saturated rings. The molecule has 2 nitrogen and oxygen atoms in total. The number of benzene rings is 2. The first-order valence-corrected chi connectivity index (χ1v) is 7.06. The summed E-state index contributed by atoms with van der Waals surface area (Å²) in [6, 6.07) is 17.0. The van der Waals surface area contributed by atoms with E-state index in [1.165, 1.54) is 5.56 Å². The molecule has 0 spiro atoms. The molecular formula is C17H18ClNO. The molecule has 0 aromatic heterocycles. The monoisotopic (exact) mass is 287 g/mol. The summed E-state index contributed by atoms with van der Waals surface area (Å²) in [4.78, 5) is 12.3. The van der Waals surface area contributed by atoms with E-state index in [4.69, 9.17) is 11.6 Å². The van der Waals surface area contributed by atoms with Crippen molar-refractivity contribution in [1.82, 2.24) is 5.32 Å². The molecule has 2 rings (SSSR count). The van der Waals surface area contributed by atoms with E-state index >= 15 is 0 Å². The molecule has 2 aromatic carbocycles. The van der Waals surface area contributed by atoms with E-state index in [1.54, 1.807) is 24.3 Å². The first kappa shape index (κ1) is 14.8. The molecule has 1 N–H and O–H groups in total. The zero-order valence-corrected chi connectivity index (χ0v) is 12.4. The maximum Gasteiger partial charge on any atom is 0.179 e. The van der Waals surface area contributed by atoms with Gasteiger partial charge in [-0.2, -0.15) is 0 Å². The van der Waals surface area contributed by atoms with Crippen molar-refractivity contribution in [2.45, 2.75) is 25.9 Å². The predicted molar refractivity (Wildman–Crippen MR) is 83.2 cm³/mol. The van der Waals surface area contributed by atoms with Crippen molar-refractivity contribution in [2.75, 3.05) is 0 Å². The van der Waals surface area contributed by atoms with Gasteiger partial charge in [-0.15, -0.1) is 0 Å². The van der Waals surface area contributed by atoms with Crippen molar-refractivity contribution in [3.63, 3.8) is 0 Å². The SMILES string of the molecule is CC(NC(C)c1ccccc1)C(=O)c1ccc(Cl)cc1. The van der Waals surface area contributed by atoms with Gasteiger partial charge < -0.3 is 5.32 Å². The van der Waals surface area contributed by atoms with Crippen LogP contribution in [0.4, 0.5) is 0 Å². The Morgan fingerprint density at radius 3 is 2.20 bits per heavy atom. The minimum Gasteiger partial charge on any atom is -0.301 e. The van der Waals surface area contributed by atoms with Gasteiger partial charge in [0.15, 0.2) is 5.78 Å². The Morgan fingerprint density at radius 1 is 1.00 bits per heavy atom. The summed E-state index contributed by atoms with van der Waals surface area (Å²) >= 11 is 5.83. The molecule has 0 bridgehead atoms. The Labute approximate surface area is 124 Å². The summed E-state index contributed by atoms with van der Waals surface area (Å²) in [6.07, 6.45) is 0. The van der Waals surface area contributed by atoms with Gasteiger partial charge in [0.25, 0.3) is 0 Å². The number of halogens is 1. The first-order chi connectivity index (χ1) is 9.58. The molecule has 0 aliphatic heterocycles. The second-order valence-corrected chi connectivity index (χ2v) is 5.33. The Kier molecular flexibility index (Phi) is 4.94. The minimum absolute atomic E-state index is 0.0736. The number of carbonyl (C=O) groups excluding carboxylic acids is 1. The molecule has 0 saturated carbocycles. The van der Waals surface area contributed by atoms with Crippen LogP contribution < -0.4 is 5.32 Å². The highest BCUT2D eigenvalue weighted by atomic mass is 35.5. The molecule has 2 aromatic rings. The van der Waals surface area contributed by atoms with Crippen molar-refractivity contribution in [3.8, 4) is 0 Å². The summed E-state index contributed by atoms with van der Waals surface area (Å²) in [7, 11) is 0. The van der Waals surface area contributed by atoms with Crippen LogP contribution in [-0.4, -0.2) is 11.8 Å². The summed E-state index contributed by atoms with van der Waals surface area (Å²) < 4.78 is 0. The van der Waals surface area contributed by atoms with Crippen LogP contribution in [0.1, 0.15) is 35.8 Å². The van der Waals surface area contributed by atoms with Crippen molar-refractivity contribution in [2.24, 2.45) is 0 Å². The fourth-order valence-electron chi connectivity index (χ4n) is 2.15. The number of nitrogens with one attached hydrogen (secondary N) is 1. The zero-order chi connectivity index (χ0) is 14.5. The van der Waals surface area contributed by atoms with Crippen LogP contribution in [0, 0.1) is 0 Å². The Hall–Kier alpha value is -1.64. The predicted octanol–water partition coefficient (Wildman–Crippen LogP) is 4.26. The Morgan fingerprint density at radius 2 is 1.60 bits per heavy atom. The quantitative estimate of drug-likeness (QED) is 0.833. The molecule has 0 heterocycles. The van der Waals surface area contributed by atoms with Crippen molar-refractivity contribution in [3.05, 3.63) is 70.7 Å². The van der Waals surface area contributed by atoms with E-state index in [0.717, 1.165) is 0 Å². The number of hydrogen-bond acceptors (Lipinski definition) is 2. The van der Waals surface area contributed by atoms with Crippen molar-refractivity contribution in [1.29, 1.82) is 0 Å². The van der Waals surface area contributed by atoms with E-state index in [-0.39, 0.29) is 17.9 Å². The molecule has 0 radical (unpaired) electrons. The Bertz CT molecular complexity index is 565. The molecule has 0 aliphatic carbocycles. The van der Waals surface area contributed by atoms with Gasteiger partial charge in [-0.05, 0) is 43.7 Å². The number of hydrogen-bond donors (Lipinski definition) is 1. The van der Waals surface area contributed by atoms with Gasteiger partial charge in [0.05, 0.1) is 6.04 Å². The third-order valence-corrected chi connectivity index (χ3v) is 3.57. The van der Waals surface area contributed by atoms with Gasteiger partial charge >= 0.3 is 0 Å². The Balaban J connectivity index is 2.02. The number of rotatable bonds is 5. The summed E-state index contributed by atoms with van der Waals surface area (Å²) in [6.45, 7) is 3.94. The van der Waals surface area contributed by atoms with Crippen LogP contribution in [0.25, 0.3) is 0 Å². The van der Waals surface area contributed by atoms with Crippen molar-refractivity contribution >= 4 is 17.4 Å². The first-order valence-electron chi connectivity index (χ1n) is 6.68. The molecule has 0 amide bonds. The van der Waals surface area contributed by atoms with E-state index in [1.807, 2.05) is 25.1 Å². The normalized spacial score (nSPS) is 13.8. The van der Waals surface area contributed by atoms with E-state index in [0.29, 0.717) is 10.6 Å². The van der Waals surface area contributed by atoms with Gasteiger partial charge in [0.1, 0.15) is 0 Å². The molecule has 3 heteroatoms. The van der Waals surface area contributed by atoms with E-state index < -0.39 is 0 Å². The molecule has 0 aliphatic rings. The maximum absolute atomic E-state index is 12.3. The lowest BCUT2D eigenvalue weighted by atomic mass is 10.0. The third-order valence-electron chi connectivity index (χ3n) is 3.32. The lowest BCUT2D eigenvalue weighted by Gasteiger charge is -2.19. The number of Topliss-reactive ketones (excluding diaryl/α,β-unsaturated/α-hetero) is 1. The maximum atomic E-state index is 12.3. The number of carbonyl (C=O) groups is 1.